The van der Waals surface area contributed by atoms with E-state index in [2.05, 4.69) is 56.0 Å². The van der Waals surface area contributed by atoms with Crippen LogP contribution in [0, 0.1) is 0 Å². The van der Waals surface area contributed by atoms with Crippen molar-refractivity contribution in [2.75, 3.05) is 13.2 Å². The average molecular weight is 875 g/mol. The van der Waals surface area contributed by atoms with E-state index in [-0.39, 0.29) is 13.2 Å². The fraction of sp³-hybridized carbons (Fsp3) is 0.423. The van der Waals surface area contributed by atoms with Crippen molar-refractivity contribution in [3.05, 3.63) is 179 Å². The summed E-state index contributed by atoms with van der Waals surface area (Å²) in [6, 6.07) is 51.4. The van der Waals surface area contributed by atoms with Gasteiger partial charge in [-0.3, -0.25) is 0 Å². The molecule has 3 aliphatic rings. The van der Waals surface area contributed by atoms with Crippen LogP contribution >= 0.6 is 0 Å². The molecule has 0 spiro atoms. The van der Waals surface area contributed by atoms with E-state index in [1.54, 1.807) is 0 Å². The summed E-state index contributed by atoms with van der Waals surface area (Å²) in [6.07, 6.45) is -7.32. The Bertz CT molecular complexity index is 2060. The lowest BCUT2D eigenvalue weighted by molar-refractivity contribution is -0.400. The van der Waals surface area contributed by atoms with Crippen molar-refractivity contribution in [1.29, 1.82) is 0 Å². The Labute approximate surface area is 373 Å². The molecular formula is C52H62O10Si. The predicted octanol–water partition coefficient (Wildman–Crippen LogP) is 9.65. The normalized spacial score (nSPS) is 28.6. The van der Waals surface area contributed by atoms with Crippen LogP contribution < -0.4 is 0 Å². The quantitative estimate of drug-likeness (QED) is 0.0748. The summed E-state index contributed by atoms with van der Waals surface area (Å²) in [5, 5.41) is 0. The van der Waals surface area contributed by atoms with Crippen molar-refractivity contribution in [2.45, 2.75) is 127 Å². The lowest BCUT2D eigenvalue weighted by Gasteiger charge is -2.51. The molecule has 63 heavy (non-hydrogen) atoms. The number of hydrogen-bond acceptors (Lipinski definition) is 10. The van der Waals surface area contributed by atoms with Crippen molar-refractivity contribution < 1.29 is 47.4 Å². The molecule has 0 amide bonds. The van der Waals surface area contributed by atoms with Gasteiger partial charge in [-0.15, -0.1) is 0 Å². The Morgan fingerprint density at radius 2 is 0.937 bits per heavy atom. The molecule has 8 rings (SSSR count). The summed E-state index contributed by atoms with van der Waals surface area (Å²) in [5.74, 6) is 0. The Morgan fingerprint density at radius 1 is 0.476 bits per heavy atom. The molecule has 334 valence electrons. The maximum atomic E-state index is 7.32. The fourth-order valence-electron chi connectivity index (χ4n) is 8.18. The Kier molecular flexibility index (Phi) is 16.0. The van der Waals surface area contributed by atoms with E-state index in [9.17, 15) is 0 Å². The Morgan fingerprint density at radius 3 is 1.44 bits per heavy atom. The molecule has 1 unspecified atom stereocenters. The van der Waals surface area contributed by atoms with Gasteiger partial charge in [0.05, 0.1) is 39.1 Å². The third-order valence-electron chi connectivity index (χ3n) is 11.6. The first-order chi connectivity index (χ1) is 30.8. The summed E-state index contributed by atoms with van der Waals surface area (Å²) in [4.78, 5) is 0. The van der Waals surface area contributed by atoms with Gasteiger partial charge in [0.1, 0.15) is 42.7 Å². The van der Waals surface area contributed by atoms with Crippen LogP contribution in [0.2, 0.25) is 25.7 Å². The van der Waals surface area contributed by atoms with Crippen LogP contribution in [0.5, 0.6) is 0 Å². The highest BCUT2D eigenvalue weighted by molar-refractivity contribution is 6.76. The summed E-state index contributed by atoms with van der Waals surface area (Å²) in [6.45, 7) is 11.1. The van der Waals surface area contributed by atoms with Gasteiger partial charge in [-0.2, -0.15) is 0 Å². The van der Waals surface area contributed by atoms with E-state index in [4.69, 9.17) is 47.4 Å². The molecular weight excluding hydrogens is 813 g/mol. The predicted molar refractivity (Wildman–Crippen MR) is 242 cm³/mol. The second kappa shape index (κ2) is 22.2. The van der Waals surface area contributed by atoms with E-state index in [1.165, 1.54) is 0 Å². The third-order valence-corrected chi connectivity index (χ3v) is 13.4. The Hall–Kier alpha value is -4.08. The van der Waals surface area contributed by atoms with Gasteiger partial charge in [0, 0.05) is 20.2 Å². The molecule has 3 aliphatic heterocycles. The largest absolute Gasteiger partial charge is 0.368 e. The van der Waals surface area contributed by atoms with Gasteiger partial charge in [-0.25, -0.2) is 0 Å². The molecule has 11 heteroatoms. The minimum Gasteiger partial charge on any atom is -0.368 e. The minimum absolute atomic E-state index is 0.283. The van der Waals surface area contributed by atoms with Crippen molar-refractivity contribution >= 4 is 8.07 Å². The SMILES string of the molecule is C[C@@H]1O[C@@H](O[C@H]2[C@H](OCC[Si](C)(C)C)O[C@@H]3COC(c4ccccc4)O[C@@H]3[C@@H]2OCc2ccccc2)[C@@H](OCc2ccccc2)[C@H](OCc2ccccc2)[C@@H]1OCc1ccccc1. The van der Waals surface area contributed by atoms with Crippen LogP contribution in [-0.4, -0.2) is 82.7 Å². The molecule has 3 saturated heterocycles. The number of rotatable bonds is 19. The smallest absolute Gasteiger partial charge is 0.187 e. The highest BCUT2D eigenvalue weighted by atomic mass is 28.3. The van der Waals surface area contributed by atoms with Crippen molar-refractivity contribution in [1.82, 2.24) is 0 Å². The molecule has 0 bridgehead atoms. The molecule has 3 heterocycles. The molecule has 10 nitrogen and oxygen atoms in total. The molecule has 0 radical (unpaired) electrons. The number of ether oxygens (including phenoxy) is 10. The topological polar surface area (TPSA) is 92.3 Å². The van der Waals surface area contributed by atoms with Crippen LogP contribution in [0.25, 0.3) is 0 Å². The number of benzene rings is 5. The lowest BCUT2D eigenvalue weighted by Crippen LogP contribution is -2.66. The molecule has 5 aromatic carbocycles. The fourth-order valence-corrected chi connectivity index (χ4v) is 8.91. The van der Waals surface area contributed by atoms with Crippen molar-refractivity contribution in [3.63, 3.8) is 0 Å². The number of hydrogen-bond donors (Lipinski definition) is 0. The van der Waals surface area contributed by atoms with E-state index in [1.807, 2.05) is 122 Å². The maximum Gasteiger partial charge on any atom is 0.187 e. The summed E-state index contributed by atoms with van der Waals surface area (Å²) in [7, 11) is -1.49. The zero-order valence-electron chi connectivity index (χ0n) is 36.8. The zero-order valence-corrected chi connectivity index (χ0v) is 37.8. The highest BCUT2D eigenvalue weighted by Gasteiger charge is 2.55. The van der Waals surface area contributed by atoms with Gasteiger partial charge in [-0.1, -0.05) is 171 Å². The van der Waals surface area contributed by atoms with Crippen LogP contribution in [0.3, 0.4) is 0 Å². The van der Waals surface area contributed by atoms with Gasteiger partial charge >= 0.3 is 0 Å². The number of fused-ring (bicyclic) bond motifs is 1. The van der Waals surface area contributed by atoms with Gasteiger partial charge in [0.2, 0.25) is 0 Å². The first-order valence-corrected chi connectivity index (χ1v) is 26.0. The van der Waals surface area contributed by atoms with E-state index in [0.29, 0.717) is 26.4 Å². The summed E-state index contributed by atoms with van der Waals surface area (Å²) < 4.78 is 68.6. The van der Waals surface area contributed by atoms with E-state index in [0.717, 1.165) is 33.9 Å². The molecule has 11 atom stereocenters. The molecule has 0 N–H and O–H groups in total. The minimum atomic E-state index is -1.49. The van der Waals surface area contributed by atoms with Crippen molar-refractivity contribution in [2.24, 2.45) is 0 Å². The zero-order chi connectivity index (χ0) is 43.4. The van der Waals surface area contributed by atoms with E-state index >= 15 is 0 Å². The molecule has 5 aromatic rings. The Balaban J connectivity index is 1.15. The molecule has 0 aromatic heterocycles. The molecule has 3 fully saturated rings. The average Bonchev–Trinajstić information content (AvgIpc) is 3.31. The highest BCUT2D eigenvalue weighted by Crippen LogP contribution is 2.40. The van der Waals surface area contributed by atoms with Gasteiger partial charge in [-0.05, 0) is 35.2 Å². The first kappa shape index (κ1) is 45.5. The van der Waals surface area contributed by atoms with Crippen LogP contribution in [-0.2, 0) is 73.8 Å². The standard InChI is InChI=1S/C52H62O10Si/c1-37-44(54-32-38-20-10-5-11-21-38)46(55-33-39-22-12-6-13-23-39)48(57-35-41-26-16-8-17-27-41)52(59-37)62-49-47(56-34-40-24-14-7-15-25-40)45-43(60-51(49)53-30-31-63(2,3)4)36-58-50(61-45)42-28-18-9-19-29-42/h5-29,37,43-52H,30-36H2,1-4H3/t37-,43+,44+,45-,46+,47-,48-,49+,50?,51+,52-/m0/s1. The monoisotopic (exact) mass is 874 g/mol. The second-order valence-electron chi connectivity index (χ2n) is 17.8. The van der Waals surface area contributed by atoms with Gasteiger partial charge in [0.15, 0.2) is 18.9 Å². The summed E-state index contributed by atoms with van der Waals surface area (Å²) in [5.41, 5.74) is 4.99. The third kappa shape index (κ3) is 12.6. The maximum absolute atomic E-state index is 7.32. The van der Waals surface area contributed by atoms with Crippen LogP contribution in [0.4, 0.5) is 0 Å². The molecule has 0 saturated carbocycles. The van der Waals surface area contributed by atoms with Crippen molar-refractivity contribution in [3.8, 4) is 0 Å². The van der Waals surface area contributed by atoms with Crippen LogP contribution in [0.1, 0.15) is 41.0 Å². The van der Waals surface area contributed by atoms with Crippen LogP contribution in [0.15, 0.2) is 152 Å². The first-order valence-electron chi connectivity index (χ1n) is 22.3. The molecule has 0 aliphatic carbocycles. The van der Waals surface area contributed by atoms with Gasteiger partial charge < -0.3 is 47.4 Å². The van der Waals surface area contributed by atoms with Gasteiger partial charge in [0.25, 0.3) is 0 Å². The second-order valence-corrected chi connectivity index (χ2v) is 23.4. The van der Waals surface area contributed by atoms with E-state index < -0.39 is 75.8 Å². The summed E-state index contributed by atoms with van der Waals surface area (Å²) >= 11 is 0. The lowest BCUT2D eigenvalue weighted by atomic mass is 9.95.